The predicted molar refractivity (Wildman–Crippen MR) is 112 cm³/mol. The zero-order chi connectivity index (χ0) is 20.4. The van der Waals surface area contributed by atoms with Crippen LogP contribution in [0, 0.1) is 11.3 Å². The Morgan fingerprint density at radius 2 is 2.25 bits per heavy atom. The highest BCUT2D eigenvalue weighted by molar-refractivity contribution is 5.78. The van der Waals surface area contributed by atoms with Gasteiger partial charge in [0, 0.05) is 31.1 Å². The third kappa shape index (κ3) is 5.89. The molecular weight excluding hydrogens is 352 g/mol. The molecule has 2 N–H and O–H groups in total. The lowest BCUT2D eigenvalue weighted by molar-refractivity contribution is 0.426. The minimum absolute atomic E-state index is 0.403. The van der Waals surface area contributed by atoms with Crippen LogP contribution in [0.3, 0.4) is 0 Å². The minimum Gasteiger partial charge on any atom is -0.439 e. The van der Waals surface area contributed by atoms with Crippen LogP contribution < -0.4 is 10.5 Å². The van der Waals surface area contributed by atoms with Crippen LogP contribution in [0.5, 0.6) is 11.6 Å². The van der Waals surface area contributed by atoms with Crippen molar-refractivity contribution in [3.8, 4) is 17.7 Å². The first-order valence-electron chi connectivity index (χ1n) is 9.19. The number of aryl methyl sites for hydroxylation is 2. The van der Waals surface area contributed by atoms with Gasteiger partial charge in [0.1, 0.15) is 5.75 Å². The topological polar surface area (TPSA) is 102 Å². The maximum atomic E-state index is 9.23. The molecule has 0 aliphatic rings. The largest absolute Gasteiger partial charge is 0.439 e. The first-order valence-corrected chi connectivity index (χ1v) is 9.19. The number of hydrogen-bond donors (Lipinski definition) is 1. The number of ether oxygens (including phenoxy) is 1. The maximum Gasteiger partial charge on any atom is 0.217 e. The summed E-state index contributed by atoms with van der Waals surface area (Å²) in [7, 11) is 1.84. The van der Waals surface area contributed by atoms with E-state index in [9.17, 15) is 5.26 Å². The van der Waals surface area contributed by atoms with Crippen molar-refractivity contribution in [1.29, 1.82) is 5.26 Å². The summed E-state index contributed by atoms with van der Waals surface area (Å²) in [5, 5.41) is 13.7. The number of rotatable bonds is 10. The first kappa shape index (κ1) is 21.1. The molecule has 0 radical (unpaired) electrons. The number of hydrogen-bond acceptors (Lipinski definition) is 6. The maximum absolute atomic E-state index is 9.23. The molecule has 28 heavy (non-hydrogen) atoms. The first-order chi connectivity index (χ1) is 13.6. The molecular formula is C21H26N6O. The summed E-state index contributed by atoms with van der Waals surface area (Å²) in [4.78, 5) is 8.25. The summed E-state index contributed by atoms with van der Waals surface area (Å²) in [6, 6.07) is 9.40. The zero-order valence-corrected chi connectivity index (χ0v) is 16.4. The summed E-state index contributed by atoms with van der Waals surface area (Å²) in [5.74, 6) is 1.22. The SMILES string of the molecule is C=N/C=C(\C=NCc1ccc(C#N)cc1Oc1cc(CCC)nn1C)CCN. The average Bonchev–Trinajstić information content (AvgIpc) is 3.02. The smallest absolute Gasteiger partial charge is 0.217 e. The molecule has 0 bridgehead atoms. The molecule has 0 fully saturated rings. The lowest BCUT2D eigenvalue weighted by atomic mass is 10.1. The van der Waals surface area contributed by atoms with Crippen molar-refractivity contribution in [2.45, 2.75) is 32.7 Å². The number of nitriles is 1. The third-order valence-corrected chi connectivity index (χ3v) is 4.01. The van der Waals surface area contributed by atoms with Gasteiger partial charge in [-0.05, 0) is 43.8 Å². The summed E-state index contributed by atoms with van der Waals surface area (Å²) in [6.07, 6.45) is 5.97. The second kappa shape index (κ2) is 10.8. The van der Waals surface area contributed by atoms with Crippen molar-refractivity contribution in [1.82, 2.24) is 9.78 Å². The molecule has 0 atom stereocenters. The Balaban J connectivity index is 2.25. The number of aliphatic imine (C=N–C) groups is 2. The van der Waals surface area contributed by atoms with Gasteiger partial charge in [0.2, 0.25) is 5.88 Å². The highest BCUT2D eigenvalue weighted by atomic mass is 16.5. The Labute approximate surface area is 165 Å². The van der Waals surface area contributed by atoms with Crippen LogP contribution in [0.2, 0.25) is 0 Å². The summed E-state index contributed by atoms with van der Waals surface area (Å²) < 4.78 is 7.78. The van der Waals surface area contributed by atoms with Crippen molar-refractivity contribution >= 4 is 12.9 Å². The molecule has 146 valence electrons. The average molecular weight is 378 g/mol. The molecule has 2 aromatic rings. The summed E-state index contributed by atoms with van der Waals surface area (Å²) in [5.41, 5.74) is 8.88. The van der Waals surface area contributed by atoms with Crippen molar-refractivity contribution in [3.05, 3.63) is 52.9 Å². The van der Waals surface area contributed by atoms with Crippen LogP contribution in [0.4, 0.5) is 0 Å². The predicted octanol–water partition coefficient (Wildman–Crippen LogP) is 3.54. The zero-order valence-electron chi connectivity index (χ0n) is 16.4. The van der Waals surface area contributed by atoms with E-state index in [0.717, 1.165) is 29.7 Å². The van der Waals surface area contributed by atoms with E-state index >= 15 is 0 Å². The number of nitrogens with two attached hydrogens (primary N) is 1. The molecule has 0 aliphatic heterocycles. The molecule has 7 nitrogen and oxygen atoms in total. The van der Waals surface area contributed by atoms with E-state index < -0.39 is 0 Å². The fourth-order valence-electron chi connectivity index (χ4n) is 2.65. The van der Waals surface area contributed by atoms with Gasteiger partial charge in [0.05, 0.1) is 23.9 Å². The second-order valence-corrected chi connectivity index (χ2v) is 6.28. The van der Waals surface area contributed by atoms with Crippen LogP contribution in [-0.2, 0) is 20.0 Å². The summed E-state index contributed by atoms with van der Waals surface area (Å²) >= 11 is 0. The van der Waals surface area contributed by atoms with E-state index in [1.54, 1.807) is 29.2 Å². The standard InChI is InChI=1S/C21H26N6O/c1-4-5-19-11-21(27(3)26-19)28-20-10-16(12-23)6-7-18(20)15-25-14-17(8-9-22)13-24-2/h6-7,10-11,13-14H,2,4-5,8-9,15,22H2,1,3H3/b17-13-,25-14?. The lowest BCUT2D eigenvalue weighted by Gasteiger charge is -2.10. The third-order valence-electron chi connectivity index (χ3n) is 4.01. The number of benzene rings is 1. The molecule has 1 aromatic heterocycles. The molecule has 1 aromatic carbocycles. The summed E-state index contributed by atoms with van der Waals surface area (Å²) in [6.45, 7) is 6.49. The van der Waals surface area contributed by atoms with E-state index in [4.69, 9.17) is 10.5 Å². The van der Waals surface area contributed by atoms with Crippen LogP contribution in [0.1, 0.15) is 36.6 Å². The monoisotopic (exact) mass is 378 g/mol. The van der Waals surface area contributed by atoms with Crippen LogP contribution in [-0.4, -0.2) is 29.3 Å². The number of nitrogens with zero attached hydrogens (tertiary/aromatic N) is 5. The van der Waals surface area contributed by atoms with Crippen molar-refractivity contribution in [3.63, 3.8) is 0 Å². The number of aromatic nitrogens is 2. The van der Waals surface area contributed by atoms with Gasteiger partial charge in [-0.15, -0.1) is 0 Å². The molecule has 7 heteroatoms. The van der Waals surface area contributed by atoms with Gasteiger partial charge >= 0.3 is 0 Å². The van der Waals surface area contributed by atoms with Gasteiger partial charge in [-0.3, -0.25) is 9.98 Å². The minimum atomic E-state index is 0.403. The van der Waals surface area contributed by atoms with Gasteiger partial charge in [-0.2, -0.15) is 10.4 Å². The van der Waals surface area contributed by atoms with Crippen LogP contribution in [0.25, 0.3) is 0 Å². The molecule has 1 heterocycles. The molecule has 0 saturated carbocycles. The molecule has 0 spiro atoms. The second-order valence-electron chi connectivity index (χ2n) is 6.28. The normalized spacial score (nSPS) is 11.6. The fraction of sp³-hybridized carbons (Fsp3) is 0.333. The van der Waals surface area contributed by atoms with E-state index in [0.29, 0.717) is 36.7 Å². The van der Waals surface area contributed by atoms with Gasteiger partial charge in [0.25, 0.3) is 0 Å². The van der Waals surface area contributed by atoms with Gasteiger partial charge in [0.15, 0.2) is 0 Å². The van der Waals surface area contributed by atoms with Gasteiger partial charge in [-0.1, -0.05) is 19.4 Å². The van der Waals surface area contributed by atoms with Gasteiger partial charge in [-0.25, -0.2) is 4.68 Å². The molecule has 0 saturated heterocycles. The quantitative estimate of drug-likeness (QED) is 0.639. The molecule has 2 rings (SSSR count). The van der Waals surface area contributed by atoms with Crippen LogP contribution >= 0.6 is 0 Å². The van der Waals surface area contributed by atoms with Crippen LogP contribution in [0.15, 0.2) is 46.0 Å². The fourth-order valence-corrected chi connectivity index (χ4v) is 2.65. The lowest BCUT2D eigenvalue weighted by Crippen LogP contribution is -2.01. The van der Waals surface area contributed by atoms with E-state index in [1.165, 1.54) is 0 Å². The van der Waals surface area contributed by atoms with E-state index in [1.807, 2.05) is 19.2 Å². The Morgan fingerprint density at radius 1 is 1.43 bits per heavy atom. The highest BCUT2D eigenvalue weighted by Crippen LogP contribution is 2.28. The van der Waals surface area contributed by atoms with Crippen molar-refractivity contribution in [2.24, 2.45) is 22.8 Å². The Kier molecular flexibility index (Phi) is 8.12. The Morgan fingerprint density at radius 3 is 2.93 bits per heavy atom. The van der Waals surface area contributed by atoms with Crippen molar-refractivity contribution < 1.29 is 4.74 Å². The molecule has 0 aliphatic carbocycles. The molecule has 0 unspecified atom stereocenters. The highest BCUT2D eigenvalue weighted by Gasteiger charge is 2.11. The van der Waals surface area contributed by atoms with Gasteiger partial charge < -0.3 is 10.5 Å². The Bertz CT molecular complexity index is 904. The van der Waals surface area contributed by atoms with Crippen molar-refractivity contribution in [2.75, 3.05) is 6.54 Å². The Hall–Kier alpha value is -3.24. The van der Waals surface area contributed by atoms with E-state index in [-0.39, 0.29) is 0 Å². The molecule has 0 amide bonds. The van der Waals surface area contributed by atoms with E-state index in [2.05, 4.69) is 34.8 Å².